The highest BCUT2D eigenvalue weighted by Crippen LogP contribution is 2.02. The van der Waals surface area contributed by atoms with Gasteiger partial charge in [0.05, 0.1) is 18.8 Å². The zero-order valence-electron chi connectivity index (χ0n) is 8.00. The van der Waals surface area contributed by atoms with Gasteiger partial charge in [-0.05, 0) is 6.42 Å². The minimum Gasteiger partial charge on any atom is -0.396 e. The normalized spacial score (nSPS) is 17.8. The Bertz CT molecular complexity index is 135. The Morgan fingerprint density at radius 2 is 1.57 bits per heavy atom. The summed E-state index contributed by atoms with van der Waals surface area (Å²) in [4.78, 5) is 0. The average molecular weight is 209 g/mol. The highest BCUT2D eigenvalue weighted by molar-refractivity contribution is 4.76. The molecule has 0 amide bonds. The van der Waals surface area contributed by atoms with Gasteiger partial charge in [-0.3, -0.25) is 0 Å². The predicted octanol–water partition coefficient (Wildman–Crippen LogP) is -2.97. The van der Waals surface area contributed by atoms with Gasteiger partial charge >= 0.3 is 0 Å². The number of rotatable bonds is 8. The molecular formula is C8H19NO5. The molecule has 0 radical (unpaired) electrons. The molecule has 0 heterocycles. The largest absolute Gasteiger partial charge is 0.396 e. The monoisotopic (exact) mass is 209 g/mol. The van der Waals surface area contributed by atoms with Gasteiger partial charge in [-0.1, -0.05) is 0 Å². The van der Waals surface area contributed by atoms with Crippen LogP contribution >= 0.6 is 0 Å². The Balaban J connectivity index is 3.68. The highest BCUT2D eigenvalue weighted by Gasteiger charge is 2.23. The fraction of sp³-hybridized carbons (Fsp3) is 1.00. The van der Waals surface area contributed by atoms with Gasteiger partial charge in [0.25, 0.3) is 0 Å². The van der Waals surface area contributed by atoms with Gasteiger partial charge in [0.2, 0.25) is 0 Å². The first kappa shape index (κ1) is 13.8. The van der Waals surface area contributed by atoms with Crippen molar-refractivity contribution in [1.29, 1.82) is 0 Å². The molecule has 0 bridgehead atoms. The Morgan fingerprint density at radius 1 is 0.929 bits per heavy atom. The van der Waals surface area contributed by atoms with Crippen molar-refractivity contribution in [3.05, 3.63) is 0 Å². The molecule has 6 heteroatoms. The zero-order valence-corrected chi connectivity index (χ0v) is 8.00. The quantitative estimate of drug-likeness (QED) is 0.238. The maximum Gasteiger partial charge on any atom is 0.107 e. The summed E-state index contributed by atoms with van der Waals surface area (Å²) in [5, 5.41) is 47.4. The number of hydrogen-bond acceptors (Lipinski definition) is 6. The molecule has 0 aromatic heterocycles. The molecule has 0 aromatic rings. The molecule has 0 aliphatic rings. The number of aliphatic hydroxyl groups excluding tert-OH is 5. The third kappa shape index (κ3) is 5.48. The van der Waals surface area contributed by atoms with Crippen LogP contribution in [0, 0.1) is 0 Å². The van der Waals surface area contributed by atoms with Crippen molar-refractivity contribution in [3.63, 3.8) is 0 Å². The van der Waals surface area contributed by atoms with E-state index in [1.54, 1.807) is 0 Å². The van der Waals surface area contributed by atoms with Crippen LogP contribution in [0.2, 0.25) is 0 Å². The number of aliphatic hydroxyl groups is 5. The molecule has 6 N–H and O–H groups in total. The van der Waals surface area contributed by atoms with E-state index in [2.05, 4.69) is 5.32 Å². The standard InChI is InChI=1S/C8H19NO5/c10-3-1-6(12)8(14)7(13)5-9-2-4-11/h6-14H,1-5H2. The van der Waals surface area contributed by atoms with Crippen LogP contribution < -0.4 is 5.32 Å². The zero-order chi connectivity index (χ0) is 11.0. The second-order valence-corrected chi connectivity index (χ2v) is 3.07. The summed E-state index contributed by atoms with van der Waals surface area (Å²) in [7, 11) is 0. The lowest BCUT2D eigenvalue weighted by molar-refractivity contribution is -0.0644. The molecule has 0 saturated heterocycles. The first-order valence-electron chi connectivity index (χ1n) is 4.60. The van der Waals surface area contributed by atoms with Crippen molar-refractivity contribution >= 4 is 0 Å². The first-order valence-corrected chi connectivity index (χ1v) is 4.60. The van der Waals surface area contributed by atoms with Crippen LogP contribution in [0.4, 0.5) is 0 Å². The molecule has 3 unspecified atom stereocenters. The van der Waals surface area contributed by atoms with Crippen molar-refractivity contribution in [3.8, 4) is 0 Å². The smallest absolute Gasteiger partial charge is 0.107 e. The lowest BCUT2D eigenvalue weighted by atomic mass is 10.1. The van der Waals surface area contributed by atoms with Gasteiger partial charge < -0.3 is 30.8 Å². The molecule has 3 atom stereocenters. The molecular weight excluding hydrogens is 190 g/mol. The van der Waals surface area contributed by atoms with Gasteiger partial charge in [-0.2, -0.15) is 0 Å². The average Bonchev–Trinajstić information content (AvgIpc) is 2.17. The fourth-order valence-corrected chi connectivity index (χ4v) is 1.01. The van der Waals surface area contributed by atoms with Crippen LogP contribution in [-0.2, 0) is 0 Å². The fourth-order valence-electron chi connectivity index (χ4n) is 1.01. The second kappa shape index (κ2) is 8.10. The van der Waals surface area contributed by atoms with Crippen molar-refractivity contribution < 1.29 is 25.5 Å². The first-order chi connectivity index (χ1) is 6.63. The molecule has 6 nitrogen and oxygen atoms in total. The van der Waals surface area contributed by atoms with Crippen molar-refractivity contribution in [1.82, 2.24) is 5.32 Å². The topological polar surface area (TPSA) is 113 Å². The van der Waals surface area contributed by atoms with E-state index in [1.807, 2.05) is 0 Å². The molecule has 0 rings (SSSR count). The van der Waals surface area contributed by atoms with Crippen LogP contribution in [0.15, 0.2) is 0 Å². The molecule has 0 aliphatic heterocycles. The van der Waals surface area contributed by atoms with E-state index in [9.17, 15) is 15.3 Å². The molecule has 0 spiro atoms. The van der Waals surface area contributed by atoms with Crippen LogP contribution in [0.25, 0.3) is 0 Å². The number of hydrogen-bond donors (Lipinski definition) is 6. The lowest BCUT2D eigenvalue weighted by Crippen LogP contribution is -2.44. The Labute approximate surface area is 82.8 Å². The molecule has 86 valence electrons. The number of nitrogens with one attached hydrogen (secondary N) is 1. The van der Waals surface area contributed by atoms with Crippen LogP contribution in [0.3, 0.4) is 0 Å². The third-order valence-electron chi connectivity index (χ3n) is 1.86. The minimum atomic E-state index is -1.28. The van der Waals surface area contributed by atoms with Crippen LogP contribution in [0.5, 0.6) is 0 Å². The van der Waals surface area contributed by atoms with Gasteiger partial charge in [-0.25, -0.2) is 0 Å². The molecule has 0 aliphatic carbocycles. The third-order valence-corrected chi connectivity index (χ3v) is 1.86. The van der Waals surface area contributed by atoms with E-state index in [4.69, 9.17) is 10.2 Å². The maximum absolute atomic E-state index is 9.31. The van der Waals surface area contributed by atoms with Crippen LogP contribution in [0.1, 0.15) is 6.42 Å². The summed E-state index contributed by atoms with van der Waals surface area (Å²) in [6, 6.07) is 0. The van der Waals surface area contributed by atoms with E-state index < -0.39 is 18.3 Å². The second-order valence-electron chi connectivity index (χ2n) is 3.07. The van der Waals surface area contributed by atoms with Gasteiger partial charge in [-0.15, -0.1) is 0 Å². The predicted molar refractivity (Wildman–Crippen MR) is 49.7 cm³/mol. The Morgan fingerprint density at radius 3 is 2.07 bits per heavy atom. The van der Waals surface area contributed by atoms with Gasteiger partial charge in [0.1, 0.15) is 6.10 Å². The van der Waals surface area contributed by atoms with E-state index in [0.717, 1.165) is 0 Å². The van der Waals surface area contributed by atoms with E-state index in [1.165, 1.54) is 0 Å². The Kier molecular flexibility index (Phi) is 7.96. The van der Waals surface area contributed by atoms with E-state index in [-0.39, 0.29) is 26.2 Å². The summed E-state index contributed by atoms with van der Waals surface area (Å²) in [6.07, 6.45) is -3.50. The maximum atomic E-state index is 9.31. The van der Waals surface area contributed by atoms with E-state index >= 15 is 0 Å². The van der Waals surface area contributed by atoms with Gasteiger partial charge in [0, 0.05) is 19.7 Å². The molecule has 0 aromatic carbocycles. The van der Waals surface area contributed by atoms with Crippen molar-refractivity contribution in [2.45, 2.75) is 24.7 Å². The van der Waals surface area contributed by atoms with E-state index in [0.29, 0.717) is 6.54 Å². The molecule has 14 heavy (non-hydrogen) atoms. The summed E-state index contributed by atoms with van der Waals surface area (Å²) in [5.74, 6) is 0. The summed E-state index contributed by atoms with van der Waals surface area (Å²) in [6.45, 7) is 0.112. The highest BCUT2D eigenvalue weighted by atomic mass is 16.4. The Hall–Kier alpha value is -0.240. The van der Waals surface area contributed by atoms with Gasteiger partial charge in [0.15, 0.2) is 0 Å². The summed E-state index contributed by atoms with van der Waals surface area (Å²) >= 11 is 0. The minimum absolute atomic E-state index is 0.0260. The molecule has 0 fully saturated rings. The van der Waals surface area contributed by atoms with Crippen molar-refractivity contribution in [2.24, 2.45) is 0 Å². The van der Waals surface area contributed by atoms with Crippen molar-refractivity contribution in [2.75, 3.05) is 26.3 Å². The summed E-state index contributed by atoms with van der Waals surface area (Å²) < 4.78 is 0. The SMILES string of the molecule is OCCNCC(O)C(O)C(O)CCO. The molecule has 0 saturated carbocycles. The van der Waals surface area contributed by atoms with Crippen LogP contribution in [-0.4, -0.2) is 70.1 Å². The summed E-state index contributed by atoms with van der Waals surface area (Å²) in [5.41, 5.74) is 0. The lowest BCUT2D eigenvalue weighted by Gasteiger charge is -2.22.